The minimum absolute atomic E-state index is 0.0865. The van der Waals surface area contributed by atoms with Crippen molar-refractivity contribution in [1.29, 1.82) is 10.5 Å². The van der Waals surface area contributed by atoms with Crippen molar-refractivity contribution in [3.05, 3.63) is 82.1 Å². The van der Waals surface area contributed by atoms with Gasteiger partial charge in [-0.15, -0.1) is 0 Å². The second kappa shape index (κ2) is 7.93. The first-order chi connectivity index (χ1) is 16.2. The number of hydrogen-bond acceptors (Lipinski definition) is 4. The van der Waals surface area contributed by atoms with Crippen LogP contribution in [0.5, 0.6) is 5.75 Å². The summed E-state index contributed by atoms with van der Waals surface area (Å²) in [6, 6.07) is 16.2. The zero-order valence-corrected chi connectivity index (χ0v) is 20.3. The molecule has 2 aromatic carbocycles. The molecule has 3 aliphatic rings. The van der Waals surface area contributed by atoms with Crippen LogP contribution in [0, 0.1) is 22.7 Å². The molecule has 0 saturated carbocycles. The maximum absolute atomic E-state index is 9.47. The fourth-order valence-electron chi connectivity index (χ4n) is 5.33. The van der Waals surface area contributed by atoms with E-state index in [9.17, 15) is 10.5 Å². The largest absolute Gasteiger partial charge is 0.457 e. The number of allylic oxidation sites excluding steroid dienone is 4. The Morgan fingerprint density at radius 1 is 0.941 bits per heavy atom. The van der Waals surface area contributed by atoms with Gasteiger partial charge in [0.05, 0.1) is 0 Å². The lowest BCUT2D eigenvalue weighted by atomic mass is 9.69. The molecule has 0 atom stereocenters. The molecule has 0 fully saturated rings. The molecule has 0 amide bonds. The number of anilines is 1. The first-order valence-corrected chi connectivity index (χ1v) is 11.9. The molecule has 4 nitrogen and oxygen atoms in total. The Hall–Kier alpha value is -3.76. The SMILES string of the molecule is CC1(C)CCN2CCC(C)(C)c3cc(/C=C/C4=CC(=C(C#N)C#N)c5ccccc5O4)cc1c32. The van der Waals surface area contributed by atoms with Crippen molar-refractivity contribution in [3.63, 3.8) is 0 Å². The summed E-state index contributed by atoms with van der Waals surface area (Å²) in [6.45, 7) is 11.6. The molecule has 5 rings (SSSR count). The van der Waals surface area contributed by atoms with Crippen molar-refractivity contribution in [2.45, 2.75) is 51.4 Å². The van der Waals surface area contributed by atoms with Crippen molar-refractivity contribution in [2.75, 3.05) is 18.0 Å². The Morgan fingerprint density at radius 2 is 1.56 bits per heavy atom. The average molecular weight is 448 g/mol. The normalized spacial score (nSPS) is 19.3. The predicted octanol–water partition coefficient (Wildman–Crippen LogP) is 6.65. The summed E-state index contributed by atoms with van der Waals surface area (Å²) in [5.74, 6) is 1.27. The second-order valence-corrected chi connectivity index (χ2v) is 10.7. The zero-order chi connectivity index (χ0) is 24.1. The van der Waals surface area contributed by atoms with E-state index in [0.29, 0.717) is 17.1 Å². The molecule has 3 heterocycles. The number of nitriles is 2. The molecule has 34 heavy (non-hydrogen) atoms. The summed E-state index contributed by atoms with van der Waals surface area (Å²) in [5, 5.41) is 18.9. The maximum atomic E-state index is 9.47. The quantitative estimate of drug-likeness (QED) is 0.484. The van der Waals surface area contributed by atoms with Gasteiger partial charge in [-0.25, -0.2) is 0 Å². The van der Waals surface area contributed by atoms with Crippen LogP contribution in [0.3, 0.4) is 0 Å². The summed E-state index contributed by atoms with van der Waals surface area (Å²) in [7, 11) is 0. The predicted molar refractivity (Wildman–Crippen MR) is 136 cm³/mol. The van der Waals surface area contributed by atoms with Gasteiger partial charge < -0.3 is 9.64 Å². The summed E-state index contributed by atoms with van der Waals surface area (Å²) in [5.41, 5.74) is 7.13. The van der Waals surface area contributed by atoms with E-state index in [2.05, 4.69) is 50.8 Å². The molecule has 3 aliphatic heterocycles. The van der Waals surface area contributed by atoms with E-state index in [-0.39, 0.29) is 16.4 Å². The molecule has 0 saturated heterocycles. The van der Waals surface area contributed by atoms with Crippen molar-refractivity contribution >= 4 is 17.3 Å². The van der Waals surface area contributed by atoms with E-state index in [1.54, 1.807) is 6.08 Å². The standard InChI is InChI=1S/C30H29N3O/c1-29(2)11-13-33-14-12-30(3,4)26-16-20(15-25(29)28(26)33)9-10-22-17-24(21(18-31)19-32)23-7-5-6-8-27(23)34-22/h5-10,15-17H,11-14H2,1-4H3/b10-9+. The van der Waals surface area contributed by atoms with Crippen LogP contribution < -0.4 is 9.64 Å². The Balaban J connectivity index is 1.59. The third-order valence-electron chi connectivity index (χ3n) is 7.54. The summed E-state index contributed by atoms with van der Waals surface area (Å²) in [4.78, 5) is 2.57. The number of rotatable bonds is 2. The van der Waals surface area contributed by atoms with Crippen molar-refractivity contribution < 1.29 is 4.74 Å². The molecule has 0 spiro atoms. The minimum Gasteiger partial charge on any atom is -0.457 e. The highest BCUT2D eigenvalue weighted by molar-refractivity contribution is 5.87. The number of fused-ring (bicyclic) bond motifs is 1. The van der Waals surface area contributed by atoms with Crippen molar-refractivity contribution in [1.82, 2.24) is 0 Å². The van der Waals surface area contributed by atoms with Crippen LogP contribution in [-0.2, 0) is 10.8 Å². The monoisotopic (exact) mass is 447 g/mol. The smallest absolute Gasteiger partial charge is 0.137 e. The number of ether oxygens (including phenoxy) is 1. The van der Waals surface area contributed by atoms with Crippen LogP contribution in [0.1, 0.15) is 62.8 Å². The van der Waals surface area contributed by atoms with E-state index in [1.165, 1.54) is 16.8 Å². The Labute approximate surface area is 202 Å². The molecular weight excluding hydrogens is 418 g/mol. The molecule has 0 radical (unpaired) electrons. The van der Waals surface area contributed by atoms with Crippen LogP contribution in [0.15, 0.2) is 59.9 Å². The lowest BCUT2D eigenvalue weighted by Gasteiger charge is -2.48. The first kappa shape index (κ1) is 22.1. The molecule has 0 N–H and O–H groups in total. The van der Waals surface area contributed by atoms with Crippen molar-refractivity contribution in [2.24, 2.45) is 0 Å². The van der Waals surface area contributed by atoms with E-state index in [0.717, 1.165) is 37.1 Å². The van der Waals surface area contributed by atoms with Crippen LogP contribution in [0.2, 0.25) is 0 Å². The van der Waals surface area contributed by atoms with Gasteiger partial charge in [-0.1, -0.05) is 52.0 Å². The minimum atomic E-state index is 0.0865. The third-order valence-corrected chi connectivity index (χ3v) is 7.54. The maximum Gasteiger partial charge on any atom is 0.137 e. The van der Waals surface area contributed by atoms with Gasteiger partial charge in [-0.3, -0.25) is 0 Å². The number of para-hydroxylation sites is 1. The highest BCUT2D eigenvalue weighted by atomic mass is 16.5. The topological polar surface area (TPSA) is 60.0 Å². The van der Waals surface area contributed by atoms with Gasteiger partial charge in [0.1, 0.15) is 29.2 Å². The van der Waals surface area contributed by atoms with Crippen molar-refractivity contribution in [3.8, 4) is 17.9 Å². The van der Waals surface area contributed by atoms with Gasteiger partial charge in [0.2, 0.25) is 0 Å². The van der Waals surface area contributed by atoms with Crippen LogP contribution in [-0.4, -0.2) is 13.1 Å². The number of hydrogen-bond donors (Lipinski definition) is 0. The first-order valence-electron chi connectivity index (χ1n) is 11.9. The molecule has 4 heteroatoms. The average Bonchev–Trinajstić information content (AvgIpc) is 2.82. The Morgan fingerprint density at radius 3 is 2.18 bits per heavy atom. The van der Waals surface area contributed by atoms with Crippen LogP contribution in [0.25, 0.3) is 11.6 Å². The van der Waals surface area contributed by atoms with Crippen LogP contribution in [0.4, 0.5) is 5.69 Å². The Kier molecular flexibility index (Phi) is 5.14. The van der Waals surface area contributed by atoms with Gasteiger partial charge >= 0.3 is 0 Å². The van der Waals surface area contributed by atoms with Gasteiger partial charge in [0.25, 0.3) is 0 Å². The highest BCUT2D eigenvalue weighted by Gasteiger charge is 2.39. The summed E-state index contributed by atoms with van der Waals surface area (Å²) < 4.78 is 6.12. The van der Waals surface area contributed by atoms with E-state index < -0.39 is 0 Å². The fraction of sp³-hybridized carbons (Fsp3) is 0.333. The van der Waals surface area contributed by atoms with Gasteiger partial charge in [-0.2, -0.15) is 10.5 Å². The lowest BCUT2D eigenvalue weighted by Crippen LogP contribution is -2.44. The molecule has 0 bridgehead atoms. The van der Waals surface area contributed by atoms with Crippen LogP contribution >= 0.6 is 0 Å². The molecule has 0 aliphatic carbocycles. The highest BCUT2D eigenvalue weighted by Crippen LogP contribution is 2.49. The molecule has 2 aromatic rings. The van der Waals surface area contributed by atoms with E-state index >= 15 is 0 Å². The summed E-state index contributed by atoms with van der Waals surface area (Å²) >= 11 is 0. The second-order valence-electron chi connectivity index (χ2n) is 10.7. The molecule has 170 valence electrons. The van der Waals surface area contributed by atoms with Gasteiger partial charge in [0, 0.05) is 29.9 Å². The fourth-order valence-corrected chi connectivity index (χ4v) is 5.33. The van der Waals surface area contributed by atoms with Gasteiger partial charge in [-0.05, 0) is 70.7 Å². The lowest BCUT2D eigenvalue weighted by molar-refractivity contribution is 0.401. The summed E-state index contributed by atoms with van der Waals surface area (Å²) in [6.07, 6.45) is 8.12. The Bertz CT molecular complexity index is 1300. The van der Waals surface area contributed by atoms with E-state index in [4.69, 9.17) is 4.74 Å². The van der Waals surface area contributed by atoms with Gasteiger partial charge in [0.15, 0.2) is 0 Å². The zero-order valence-electron chi connectivity index (χ0n) is 20.3. The molecule has 0 unspecified atom stereocenters. The number of benzene rings is 2. The molecule has 0 aromatic heterocycles. The third kappa shape index (κ3) is 3.61. The number of nitrogens with zero attached hydrogens (tertiary/aromatic N) is 3. The molecular formula is C30H29N3O. The van der Waals surface area contributed by atoms with E-state index in [1.807, 2.05) is 42.5 Å².